The molecule has 1 aromatic heterocycles. The van der Waals surface area contributed by atoms with Gasteiger partial charge in [-0.15, -0.1) is 0 Å². The van der Waals surface area contributed by atoms with Gasteiger partial charge in [-0.1, -0.05) is 18.2 Å². The average molecular weight is 273 g/mol. The number of hydrogen-bond donors (Lipinski definition) is 1. The monoisotopic (exact) mass is 273 g/mol. The van der Waals surface area contributed by atoms with E-state index in [4.69, 9.17) is 4.74 Å². The van der Waals surface area contributed by atoms with E-state index in [0.717, 1.165) is 35.8 Å². The molecule has 1 heterocycles. The average Bonchev–Trinajstić information content (AvgIpc) is 2.79. The van der Waals surface area contributed by atoms with Crippen LogP contribution in [0, 0.1) is 13.8 Å². The van der Waals surface area contributed by atoms with Crippen LogP contribution in [0.15, 0.2) is 24.3 Å². The molecule has 0 fully saturated rings. The Hall–Kier alpha value is -1.81. The summed E-state index contributed by atoms with van der Waals surface area (Å²) in [6.07, 6.45) is 0. The third kappa shape index (κ3) is 3.20. The van der Waals surface area contributed by atoms with Crippen LogP contribution in [0.1, 0.15) is 29.4 Å². The molecule has 2 aromatic rings. The minimum absolute atomic E-state index is 0.552. The molecule has 108 valence electrons. The van der Waals surface area contributed by atoms with Crippen LogP contribution in [0.3, 0.4) is 0 Å². The largest absolute Gasteiger partial charge is 0.487 e. The Bertz CT molecular complexity index is 575. The molecule has 20 heavy (non-hydrogen) atoms. The first-order chi connectivity index (χ1) is 9.65. The molecule has 0 aliphatic rings. The topological polar surface area (TPSA) is 39.1 Å². The summed E-state index contributed by atoms with van der Waals surface area (Å²) in [5, 5.41) is 7.63. The smallest absolute Gasteiger partial charge is 0.130 e. The molecule has 0 amide bonds. The highest BCUT2D eigenvalue weighted by atomic mass is 16.5. The molecule has 0 radical (unpaired) electrons. The zero-order valence-corrected chi connectivity index (χ0v) is 12.7. The lowest BCUT2D eigenvalue weighted by Crippen LogP contribution is -2.10. The number of hydrogen-bond acceptors (Lipinski definition) is 3. The van der Waals surface area contributed by atoms with Crippen molar-refractivity contribution in [3.8, 4) is 5.75 Å². The van der Waals surface area contributed by atoms with E-state index in [1.165, 1.54) is 5.56 Å². The number of para-hydroxylation sites is 1. The van der Waals surface area contributed by atoms with Crippen LogP contribution in [0.25, 0.3) is 0 Å². The van der Waals surface area contributed by atoms with Crippen molar-refractivity contribution in [2.24, 2.45) is 0 Å². The lowest BCUT2D eigenvalue weighted by molar-refractivity contribution is 0.287. The van der Waals surface area contributed by atoms with E-state index < -0.39 is 0 Å². The molecule has 0 spiro atoms. The van der Waals surface area contributed by atoms with Crippen molar-refractivity contribution < 1.29 is 4.74 Å². The molecule has 1 N–H and O–H groups in total. The molecule has 4 nitrogen and oxygen atoms in total. The van der Waals surface area contributed by atoms with Crippen LogP contribution in [0.2, 0.25) is 0 Å². The maximum atomic E-state index is 6.06. The summed E-state index contributed by atoms with van der Waals surface area (Å²) in [6.45, 7) is 8.41. The minimum Gasteiger partial charge on any atom is -0.487 e. The molecule has 0 bridgehead atoms. The third-order valence-corrected chi connectivity index (χ3v) is 3.31. The van der Waals surface area contributed by atoms with Crippen LogP contribution in [0.4, 0.5) is 0 Å². The molecule has 0 aliphatic carbocycles. The Morgan fingerprint density at radius 2 is 2.10 bits per heavy atom. The van der Waals surface area contributed by atoms with Crippen LogP contribution in [0.5, 0.6) is 5.75 Å². The lowest BCUT2D eigenvalue weighted by Gasteiger charge is -2.14. The van der Waals surface area contributed by atoms with E-state index >= 15 is 0 Å². The molecule has 0 saturated carbocycles. The first-order valence-electron chi connectivity index (χ1n) is 7.05. The van der Waals surface area contributed by atoms with Gasteiger partial charge in [0, 0.05) is 18.7 Å². The van der Waals surface area contributed by atoms with Gasteiger partial charge in [-0.2, -0.15) is 5.10 Å². The highest BCUT2D eigenvalue weighted by Crippen LogP contribution is 2.24. The second-order valence-electron chi connectivity index (χ2n) is 4.97. The Labute approximate surface area is 120 Å². The molecule has 0 unspecified atom stereocenters. The number of nitrogens with one attached hydrogen (secondary N) is 1. The lowest BCUT2D eigenvalue weighted by atomic mass is 10.1. The summed E-state index contributed by atoms with van der Waals surface area (Å²) >= 11 is 0. The molecular weight excluding hydrogens is 250 g/mol. The van der Waals surface area contributed by atoms with Gasteiger partial charge in [0.15, 0.2) is 0 Å². The number of ether oxygens (including phenoxy) is 1. The summed E-state index contributed by atoms with van der Waals surface area (Å²) in [7, 11) is 1.95. The number of aryl methyl sites for hydroxylation is 3. The predicted molar refractivity (Wildman–Crippen MR) is 80.9 cm³/mol. The Morgan fingerprint density at radius 1 is 1.30 bits per heavy atom. The Balaban J connectivity index is 2.18. The normalized spacial score (nSPS) is 10.8. The standard InChI is InChI=1S/C16H23N3O/c1-5-19-15(9-13(3)18-19)11-20-16-12(2)7-6-8-14(16)10-17-4/h6-9,17H,5,10-11H2,1-4H3. The van der Waals surface area contributed by atoms with Gasteiger partial charge < -0.3 is 10.1 Å². The van der Waals surface area contributed by atoms with Crippen molar-refractivity contribution in [1.82, 2.24) is 15.1 Å². The van der Waals surface area contributed by atoms with Gasteiger partial charge in [0.2, 0.25) is 0 Å². The van der Waals surface area contributed by atoms with E-state index in [0.29, 0.717) is 6.61 Å². The second-order valence-corrected chi connectivity index (χ2v) is 4.97. The quantitative estimate of drug-likeness (QED) is 0.879. The first-order valence-corrected chi connectivity index (χ1v) is 7.05. The summed E-state index contributed by atoms with van der Waals surface area (Å²) in [5.41, 5.74) is 4.50. The van der Waals surface area contributed by atoms with Gasteiger partial charge in [0.1, 0.15) is 12.4 Å². The van der Waals surface area contributed by atoms with Gasteiger partial charge in [-0.05, 0) is 39.4 Å². The van der Waals surface area contributed by atoms with Crippen molar-refractivity contribution in [3.63, 3.8) is 0 Å². The maximum Gasteiger partial charge on any atom is 0.130 e. The summed E-state index contributed by atoms with van der Waals surface area (Å²) in [6, 6.07) is 8.33. The van der Waals surface area contributed by atoms with Gasteiger partial charge in [-0.25, -0.2) is 0 Å². The van der Waals surface area contributed by atoms with E-state index in [9.17, 15) is 0 Å². The molecule has 0 aliphatic heterocycles. The van der Waals surface area contributed by atoms with Gasteiger partial charge in [0.05, 0.1) is 11.4 Å². The predicted octanol–water partition coefficient (Wildman–Crippen LogP) is 2.82. The van der Waals surface area contributed by atoms with Gasteiger partial charge >= 0.3 is 0 Å². The fourth-order valence-corrected chi connectivity index (χ4v) is 2.38. The summed E-state index contributed by atoms with van der Waals surface area (Å²) in [4.78, 5) is 0. The Morgan fingerprint density at radius 3 is 2.80 bits per heavy atom. The van der Waals surface area contributed by atoms with Crippen molar-refractivity contribution in [3.05, 3.63) is 46.8 Å². The zero-order valence-electron chi connectivity index (χ0n) is 12.7. The van der Waals surface area contributed by atoms with Gasteiger partial charge in [0.25, 0.3) is 0 Å². The fraction of sp³-hybridized carbons (Fsp3) is 0.438. The van der Waals surface area contributed by atoms with E-state index in [1.54, 1.807) is 0 Å². The van der Waals surface area contributed by atoms with Crippen molar-refractivity contribution >= 4 is 0 Å². The highest BCUT2D eigenvalue weighted by molar-refractivity contribution is 5.40. The van der Waals surface area contributed by atoms with Crippen LogP contribution >= 0.6 is 0 Å². The zero-order chi connectivity index (χ0) is 14.5. The molecular formula is C16H23N3O. The number of nitrogens with zero attached hydrogens (tertiary/aromatic N) is 2. The SMILES string of the molecule is CCn1nc(C)cc1COc1c(C)cccc1CNC. The summed E-state index contributed by atoms with van der Waals surface area (Å²) in [5.74, 6) is 0.975. The number of benzene rings is 1. The number of aromatic nitrogens is 2. The second kappa shape index (κ2) is 6.57. The van der Waals surface area contributed by atoms with E-state index in [-0.39, 0.29) is 0 Å². The van der Waals surface area contributed by atoms with Crippen molar-refractivity contribution in [1.29, 1.82) is 0 Å². The maximum absolute atomic E-state index is 6.06. The first kappa shape index (κ1) is 14.6. The van der Waals surface area contributed by atoms with Gasteiger partial charge in [-0.3, -0.25) is 4.68 Å². The molecule has 1 aromatic carbocycles. The fourth-order valence-electron chi connectivity index (χ4n) is 2.38. The van der Waals surface area contributed by atoms with E-state index in [2.05, 4.69) is 48.5 Å². The van der Waals surface area contributed by atoms with Crippen LogP contribution in [-0.2, 0) is 19.7 Å². The molecule has 4 heteroatoms. The molecule has 2 rings (SSSR count). The highest BCUT2D eigenvalue weighted by Gasteiger charge is 2.09. The van der Waals surface area contributed by atoms with Crippen molar-refractivity contribution in [2.45, 2.75) is 40.5 Å². The van der Waals surface area contributed by atoms with E-state index in [1.807, 2.05) is 18.7 Å². The molecule has 0 atom stereocenters. The van der Waals surface area contributed by atoms with Crippen LogP contribution < -0.4 is 10.1 Å². The minimum atomic E-state index is 0.552. The summed E-state index contributed by atoms with van der Waals surface area (Å²) < 4.78 is 8.05. The molecule has 0 saturated heterocycles. The number of rotatable bonds is 6. The van der Waals surface area contributed by atoms with Crippen LogP contribution in [-0.4, -0.2) is 16.8 Å². The van der Waals surface area contributed by atoms with Crippen molar-refractivity contribution in [2.75, 3.05) is 7.05 Å². The third-order valence-electron chi connectivity index (χ3n) is 3.31. The Kier molecular flexibility index (Phi) is 4.79.